The Balaban J connectivity index is 1.24. The summed E-state index contributed by atoms with van der Waals surface area (Å²) in [5.74, 6) is -0.209. The van der Waals surface area contributed by atoms with Crippen LogP contribution >= 0.6 is 0 Å². The number of aromatic amines is 2. The Bertz CT molecular complexity index is 1890. The number of hydrogen-bond acceptors (Lipinski definition) is 7. The molecule has 3 N–H and O–H groups in total. The average molecular weight is 548 g/mol. The molecule has 5 heterocycles. The molecule has 41 heavy (non-hydrogen) atoms. The van der Waals surface area contributed by atoms with E-state index in [4.69, 9.17) is 4.98 Å². The number of carbonyl (C=O) groups excluding carboxylic acids is 1. The van der Waals surface area contributed by atoms with Gasteiger partial charge in [-0.25, -0.2) is 14.4 Å². The molecule has 1 saturated heterocycles. The molecular weight excluding hydrogens is 521 g/mol. The number of benzene rings is 2. The fourth-order valence-corrected chi connectivity index (χ4v) is 5.21. The van der Waals surface area contributed by atoms with Crippen LogP contribution in [0.4, 0.5) is 15.8 Å². The van der Waals surface area contributed by atoms with Crippen LogP contribution in [-0.2, 0) is 0 Å². The minimum Gasteiger partial charge on any atom is -0.367 e. The third-order valence-electron chi connectivity index (χ3n) is 7.43. The number of nitrogens with zero attached hydrogens (tertiary/aromatic N) is 6. The van der Waals surface area contributed by atoms with Gasteiger partial charge in [0.2, 0.25) is 0 Å². The van der Waals surface area contributed by atoms with Crippen molar-refractivity contribution < 1.29 is 9.18 Å². The van der Waals surface area contributed by atoms with Gasteiger partial charge in [-0.2, -0.15) is 5.10 Å². The van der Waals surface area contributed by atoms with Gasteiger partial charge < -0.3 is 20.1 Å². The lowest BCUT2D eigenvalue weighted by Crippen LogP contribution is -2.44. The maximum absolute atomic E-state index is 15.3. The van der Waals surface area contributed by atoms with Crippen LogP contribution in [-0.4, -0.2) is 74.2 Å². The Morgan fingerprint density at radius 1 is 1.00 bits per heavy atom. The van der Waals surface area contributed by atoms with Crippen LogP contribution in [0.5, 0.6) is 0 Å². The zero-order chi connectivity index (χ0) is 27.9. The molecule has 1 fully saturated rings. The Morgan fingerprint density at radius 3 is 2.66 bits per heavy atom. The van der Waals surface area contributed by atoms with Gasteiger partial charge in [0.25, 0.3) is 5.91 Å². The largest absolute Gasteiger partial charge is 0.367 e. The van der Waals surface area contributed by atoms with E-state index in [1.807, 2.05) is 18.2 Å². The van der Waals surface area contributed by atoms with Crippen LogP contribution in [0.2, 0.25) is 0 Å². The second kappa shape index (κ2) is 10.1. The number of fused-ring (bicyclic) bond motifs is 2. The van der Waals surface area contributed by atoms with Crippen LogP contribution in [0, 0.1) is 5.82 Å². The third kappa shape index (κ3) is 4.66. The highest BCUT2D eigenvalue weighted by Crippen LogP contribution is 2.34. The summed E-state index contributed by atoms with van der Waals surface area (Å²) in [6.45, 7) is 3.77. The Kier molecular flexibility index (Phi) is 6.12. The average Bonchev–Trinajstić information content (AvgIpc) is 3.63. The lowest BCUT2D eigenvalue weighted by molar-refractivity contribution is 0.102. The lowest BCUT2D eigenvalue weighted by atomic mass is 10.0. The summed E-state index contributed by atoms with van der Waals surface area (Å²) in [7, 11) is 2.12. The molecule has 0 bridgehead atoms. The molecular formula is C30H26FN9O. The second-order valence-electron chi connectivity index (χ2n) is 10.1. The number of H-pyrrole nitrogens is 2. The summed E-state index contributed by atoms with van der Waals surface area (Å²) in [6, 6.07) is 15.9. The first-order chi connectivity index (χ1) is 20.0. The van der Waals surface area contributed by atoms with Crippen LogP contribution in [0.3, 0.4) is 0 Å². The number of pyridine rings is 2. The summed E-state index contributed by atoms with van der Waals surface area (Å²) in [6.07, 6.45) is 4.95. The number of hydrogen-bond donors (Lipinski definition) is 3. The molecule has 0 radical (unpaired) electrons. The monoisotopic (exact) mass is 547 g/mol. The number of amides is 1. The number of rotatable bonds is 5. The fraction of sp³-hybridized carbons (Fsp3) is 0.167. The van der Waals surface area contributed by atoms with E-state index in [0.717, 1.165) is 37.4 Å². The molecule has 10 nitrogen and oxygen atoms in total. The van der Waals surface area contributed by atoms with Crippen molar-refractivity contribution >= 4 is 39.3 Å². The first-order valence-electron chi connectivity index (χ1n) is 13.3. The normalized spacial score (nSPS) is 14.1. The number of piperazine rings is 1. The van der Waals surface area contributed by atoms with Gasteiger partial charge in [0.05, 0.1) is 17.6 Å². The molecule has 1 aliphatic heterocycles. The fourth-order valence-electron chi connectivity index (χ4n) is 5.21. The van der Waals surface area contributed by atoms with Crippen LogP contribution in [0.25, 0.3) is 44.7 Å². The molecule has 6 aromatic rings. The van der Waals surface area contributed by atoms with Crippen molar-refractivity contribution in [3.8, 4) is 22.6 Å². The van der Waals surface area contributed by atoms with Crippen molar-refractivity contribution in [1.29, 1.82) is 0 Å². The first kappa shape index (κ1) is 24.9. The molecule has 0 unspecified atom stereocenters. The quantitative estimate of drug-likeness (QED) is 0.286. The number of carbonyl (C=O) groups is 1. The van der Waals surface area contributed by atoms with Crippen molar-refractivity contribution in [1.82, 2.24) is 35.0 Å². The smallest absolute Gasteiger partial charge is 0.255 e. The zero-order valence-corrected chi connectivity index (χ0v) is 22.2. The lowest BCUT2D eigenvalue weighted by Gasteiger charge is -2.34. The number of halogens is 1. The van der Waals surface area contributed by atoms with Gasteiger partial charge in [0.15, 0.2) is 17.3 Å². The van der Waals surface area contributed by atoms with E-state index in [9.17, 15) is 4.79 Å². The van der Waals surface area contributed by atoms with Crippen LogP contribution in [0.1, 0.15) is 10.4 Å². The highest BCUT2D eigenvalue weighted by Gasteiger charge is 2.21. The van der Waals surface area contributed by atoms with Crippen LogP contribution < -0.4 is 10.2 Å². The predicted molar refractivity (Wildman–Crippen MR) is 156 cm³/mol. The van der Waals surface area contributed by atoms with E-state index in [-0.39, 0.29) is 11.4 Å². The van der Waals surface area contributed by atoms with Crippen molar-refractivity contribution in [2.24, 2.45) is 0 Å². The molecule has 1 aliphatic rings. The number of likely N-dealkylation sites (N-methyl/N-ethyl adjacent to an activating group) is 1. The molecule has 0 aliphatic carbocycles. The molecule has 0 saturated carbocycles. The standard InChI is InChI=1S/C30H26FN9O/c1-39-9-11-40(12-10-39)24-7-8-33-28-27(24)35-29(36-28)26-22-14-19(15-23(31)25(22)37-38-26)20-13-21(17-32-16-20)34-30(41)18-5-3-2-4-6-18/h2-8,13-17H,9-12H2,1H3,(H,34,41)(H,37,38)(H,33,35,36). The van der Waals surface area contributed by atoms with E-state index < -0.39 is 5.82 Å². The molecule has 0 spiro atoms. The van der Waals surface area contributed by atoms with E-state index in [2.05, 4.69) is 47.3 Å². The maximum atomic E-state index is 15.3. The van der Waals surface area contributed by atoms with Gasteiger partial charge in [-0.15, -0.1) is 0 Å². The van der Waals surface area contributed by atoms with E-state index >= 15 is 4.39 Å². The summed E-state index contributed by atoms with van der Waals surface area (Å²) >= 11 is 0. The number of nitrogens with one attached hydrogen (secondary N) is 3. The predicted octanol–water partition coefficient (Wildman–Crippen LogP) is 4.71. The minimum atomic E-state index is -0.480. The first-order valence-corrected chi connectivity index (χ1v) is 13.3. The molecule has 1 amide bonds. The number of anilines is 2. The summed E-state index contributed by atoms with van der Waals surface area (Å²) in [5, 5.41) is 10.6. The topological polar surface area (TPSA) is 119 Å². The number of aromatic nitrogens is 6. The third-order valence-corrected chi connectivity index (χ3v) is 7.43. The highest BCUT2D eigenvalue weighted by molar-refractivity contribution is 6.04. The van der Waals surface area contributed by atoms with Gasteiger partial charge >= 0.3 is 0 Å². The van der Waals surface area contributed by atoms with Crippen LogP contribution in [0.15, 0.2) is 73.2 Å². The summed E-state index contributed by atoms with van der Waals surface area (Å²) in [5.41, 5.74) is 5.49. The molecule has 204 valence electrons. The van der Waals surface area contributed by atoms with Gasteiger partial charge in [-0.1, -0.05) is 18.2 Å². The van der Waals surface area contributed by atoms with Gasteiger partial charge in [0, 0.05) is 55.1 Å². The highest BCUT2D eigenvalue weighted by atomic mass is 19.1. The number of imidazole rings is 1. The van der Waals surface area contributed by atoms with Crippen molar-refractivity contribution in [2.75, 3.05) is 43.4 Å². The summed E-state index contributed by atoms with van der Waals surface area (Å²) < 4.78 is 15.3. The Labute approximate surface area is 234 Å². The van der Waals surface area contributed by atoms with Gasteiger partial charge in [0.1, 0.15) is 16.7 Å². The second-order valence-corrected chi connectivity index (χ2v) is 10.1. The van der Waals surface area contributed by atoms with Crippen molar-refractivity contribution in [3.63, 3.8) is 0 Å². The molecule has 7 rings (SSSR count). The van der Waals surface area contributed by atoms with E-state index in [1.54, 1.807) is 48.9 Å². The van der Waals surface area contributed by atoms with Gasteiger partial charge in [-0.05, 0) is 49.0 Å². The molecule has 4 aromatic heterocycles. The van der Waals surface area contributed by atoms with Crippen molar-refractivity contribution in [3.05, 3.63) is 84.6 Å². The SMILES string of the molecule is CN1CCN(c2ccnc3nc(-c4[nH]nc5c(F)cc(-c6cncc(NC(=O)c7ccccc7)c6)cc45)[nH]c23)CC1. The molecule has 11 heteroatoms. The van der Waals surface area contributed by atoms with Gasteiger partial charge in [-0.3, -0.25) is 14.9 Å². The van der Waals surface area contributed by atoms with Crippen molar-refractivity contribution in [2.45, 2.75) is 0 Å². The minimum absolute atomic E-state index is 0.206. The summed E-state index contributed by atoms with van der Waals surface area (Å²) in [4.78, 5) is 34.2. The molecule has 2 aromatic carbocycles. The Morgan fingerprint density at radius 2 is 1.83 bits per heavy atom. The molecule has 0 atom stereocenters. The zero-order valence-electron chi connectivity index (χ0n) is 22.2. The van der Waals surface area contributed by atoms with E-state index in [0.29, 0.717) is 44.9 Å². The maximum Gasteiger partial charge on any atom is 0.255 e. The Hall–Kier alpha value is -5.16. The van der Waals surface area contributed by atoms with E-state index in [1.165, 1.54) is 6.07 Å².